The quantitative estimate of drug-likeness (QED) is 0.852. The van der Waals surface area contributed by atoms with Crippen molar-refractivity contribution in [3.05, 3.63) is 41.5 Å². The molecule has 1 aliphatic rings. The summed E-state index contributed by atoms with van der Waals surface area (Å²) in [5, 5.41) is 4.42. The molecule has 0 fully saturated rings. The van der Waals surface area contributed by atoms with E-state index in [1.54, 1.807) is 0 Å². The van der Waals surface area contributed by atoms with Gasteiger partial charge in [0.2, 0.25) is 0 Å². The fourth-order valence-electron chi connectivity index (χ4n) is 2.66. The minimum Gasteiger partial charge on any atom is -0.345 e. The standard InChI is InChI=1S/C13H18N4/c1-16-7-5-10(15-16)9-17-8-6-11-12(14)3-2-4-13(11)17/h5-8,12H,2-4,9,14H2,1H3. The Kier molecular flexibility index (Phi) is 2.52. The van der Waals surface area contributed by atoms with Crippen LogP contribution in [0.5, 0.6) is 0 Å². The minimum absolute atomic E-state index is 0.226. The summed E-state index contributed by atoms with van der Waals surface area (Å²) in [6, 6.07) is 4.46. The molecule has 0 radical (unpaired) electrons. The van der Waals surface area contributed by atoms with Crippen molar-refractivity contribution in [1.82, 2.24) is 14.3 Å². The second-order valence-electron chi connectivity index (χ2n) is 4.83. The third kappa shape index (κ3) is 1.89. The van der Waals surface area contributed by atoms with E-state index in [1.165, 1.54) is 17.7 Å². The highest BCUT2D eigenvalue weighted by Crippen LogP contribution is 2.28. The van der Waals surface area contributed by atoms with Crippen molar-refractivity contribution in [2.45, 2.75) is 31.8 Å². The Morgan fingerprint density at radius 3 is 3.06 bits per heavy atom. The van der Waals surface area contributed by atoms with Gasteiger partial charge < -0.3 is 10.3 Å². The number of hydrogen-bond acceptors (Lipinski definition) is 2. The van der Waals surface area contributed by atoms with Crippen LogP contribution in [0.2, 0.25) is 0 Å². The summed E-state index contributed by atoms with van der Waals surface area (Å²) < 4.78 is 4.13. The van der Waals surface area contributed by atoms with E-state index >= 15 is 0 Å². The molecule has 2 aromatic heterocycles. The number of nitrogens with zero attached hydrogens (tertiary/aromatic N) is 3. The maximum atomic E-state index is 6.12. The monoisotopic (exact) mass is 230 g/mol. The summed E-state index contributed by atoms with van der Waals surface area (Å²) >= 11 is 0. The summed E-state index contributed by atoms with van der Waals surface area (Å²) in [6.45, 7) is 0.850. The molecule has 2 heterocycles. The molecule has 3 rings (SSSR count). The minimum atomic E-state index is 0.226. The molecule has 2 N–H and O–H groups in total. The Labute approximate surface area is 101 Å². The fraction of sp³-hybridized carbons (Fsp3) is 0.462. The van der Waals surface area contributed by atoms with E-state index in [-0.39, 0.29) is 6.04 Å². The predicted octanol–water partition coefficient (Wildman–Crippen LogP) is 1.61. The molecule has 1 aliphatic carbocycles. The van der Waals surface area contributed by atoms with Crippen LogP contribution in [0.3, 0.4) is 0 Å². The van der Waals surface area contributed by atoms with Gasteiger partial charge in [0.15, 0.2) is 0 Å². The van der Waals surface area contributed by atoms with Crippen molar-refractivity contribution < 1.29 is 0 Å². The maximum absolute atomic E-state index is 6.12. The molecule has 1 atom stereocenters. The van der Waals surface area contributed by atoms with Gasteiger partial charge in [-0.25, -0.2) is 0 Å². The zero-order chi connectivity index (χ0) is 11.8. The van der Waals surface area contributed by atoms with Crippen LogP contribution in [0.15, 0.2) is 24.5 Å². The number of fused-ring (bicyclic) bond motifs is 1. The first kappa shape index (κ1) is 10.6. The zero-order valence-electron chi connectivity index (χ0n) is 10.1. The highest BCUT2D eigenvalue weighted by Gasteiger charge is 2.20. The third-order valence-electron chi connectivity index (χ3n) is 3.54. The lowest BCUT2D eigenvalue weighted by atomic mass is 9.94. The number of nitrogens with two attached hydrogens (primary N) is 1. The molecule has 0 saturated heterocycles. The lowest BCUT2D eigenvalue weighted by molar-refractivity contribution is 0.546. The first-order valence-corrected chi connectivity index (χ1v) is 6.16. The molecule has 17 heavy (non-hydrogen) atoms. The summed E-state index contributed by atoms with van der Waals surface area (Å²) in [6.07, 6.45) is 7.57. The van der Waals surface area contributed by atoms with E-state index in [0.717, 1.165) is 25.1 Å². The van der Waals surface area contributed by atoms with E-state index in [1.807, 2.05) is 17.9 Å². The van der Waals surface area contributed by atoms with Crippen LogP contribution in [-0.4, -0.2) is 14.3 Å². The Balaban J connectivity index is 1.89. The van der Waals surface area contributed by atoms with Gasteiger partial charge in [-0.1, -0.05) is 0 Å². The van der Waals surface area contributed by atoms with Crippen LogP contribution >= 0.6 is 0 Å². The Morgan fingerprint density at radius 2 is 2.29 bits per heavy atom. The molecule has 2 aromatic rings. The normalized spacial score (nSPS) is 19.3. The van der Waals surface area contributed by atoms with Crippen molar-refractivity contribution in [3.63, 3.8) is 0 Å². The van der Waals surface area contributed by atoms with E-state index in [9.17, 15) is 0 Å². The van der Waals surface area contributed by atoms with Gasteiger partial charge in [0.05, 0.1) is 12.2 Å². The SMILES string of the molecule is Cn1ccc(Cn2ccc3c2CCCC3N)n1. The number of aromatic nitrogens is 3. The smallest absolute Gasteiger partial charge is 0.0821 e. The highest BCUT2D eigenvalue weighted by atomic mass is 15.3. The molecule has 0 bridgehead atoms. The van der Waals surface area contributed by atoms with Crippen LogP contribution in [0.4, 0.5) is 0 Å². The van der Waals surface area contributed by atoms with Gasteiger partial charge in [0.25, 0.3) is 0 Å². The molecule has 1 unspecified atom stereocenters. The zero-order valence-corrected chi connectivity index (χ0v) is 10.1. The summed E-state index contributed by atoms with van der Waals surface area (Å²) in [4.78, 5) is 0. The summed E-state index contributed by atoms with van der Waals surface area (Å²) in [7, 11) is 1.95. The van der Waals surface area contributed by atoms with E-state index in [2.05, 4.69) is 28.0 Å². The molecule has 4 heteroatoms. The van der Waals surface area contributed by atoms with Crippen molar-refractivity contribution in [2.24, 2.45) is 12.8 Å². The van der Waals surface area contributed by atoms with Gasteiger partial charge >= 0.3 is 0 Å². The van der Waals surface area contributed by atoms with Gasteiger partial charge in [-0.3, -0.25) is 4.68 Å². The number of hydrogen-bond donors (Lipinski definition) is 1. The number of aryl methyl sites for hydroxylation is 1. The van der Waals surface area contributed by atoms with Crippen LogP contribution in [-0.2, 0) is 20.0 Å². The first-order valence-electron chi connectivity index (χ1n) is 6.16. The first-order chi connectivity index (χ1) is 8.24. The molecule has 90 valence electrons. The Morgan fingerprint density at radius 1 is 1.41 bits per heavy atom. The molecule has 0 amide bonds. The van der Waals surface area contributed by atoms with Gasteiger partial charge in [0.1, 0.15) is 0 Å². The van der Waals surface area contributed by atoms with Gasteiger partial charge in [-0.05, 0) is 37.0 Å². The van der Waals surface area contributed by atoms with Crippen molar-refractivity contribution >= 4 is 0 Å². The highest BCUT2D eigenvalue weighted by molar-refractivity contribution is 5.29. The second-order valence-corrected chi connectivity index (χ2v) is 4.83. The largest absolute Gasteiger partial charge is 0.345 e. The third-order valence-corrected chi connectivity index (χ3v) is 3.54. The Hall–Kier alpha value is -1.55. The van der Waals surface area contributed by atoms with Gasteiger partial charge in [-0.15, -0.1) is 0 Å². The average Bonchev–Trinajstić information content (AvgIpc) is 2.88. The second kappa shape index (κ2) is 4.04. The average molecular weight is 230 g/mol. The predicted molar refractivity (Wildman–Crippen MR) is 66.6 cm³/mol. The van der Waals surface area contributed by atoms with E-state index in [0.29, 0.717) is 0 Å². The molecular formula is C13H18N4. The van der Waals surface area contributed by atoms with Crippen molar-refractivity contribution in [1.29, 1.82) is 0 Å². The van der Waals surface area contributed by atoms with E-state index < -0.39 is 0 Å². The summed E-state index contributed by atoms with van der Waals surface area (Å²) in [5.74, 6) is 0. The molecule has 0 aliphatic heterocycles. The van der Waals surface area contributed by atoms with Crippen LogP contribution in [0, 0.1) is 0 Å². The van der Waals surface area contributed by atoms with Crippen LogP contribution < -0.4 is 5.73 Å². The maximum Gasteiger partial charge on any atom is 0.0821 e. The molecule has 0 spiro atoms. The van der Waals surface area contributed by atoms with Crippen molar-refractivity contribution in [3.8, 4) is 0 Å². The molecular weight excluding hydrogens is 212 g/mol. The lowest BCUT2D eigenvalue weighted by Crippen LogP contribution is -2.18. The van der Waals surface area contributed by atoms with Crippen LogP contribution in [0.25, 0.3) is 0 Å². The lowest BCUT2D eigenvalue weighted by Gasteiger charge is -2.20. The van der Waals surface area contributed by atoms with Crippen LogP contribution in [0.1, 0.15) is 35.8 Å². The molecule has 0 aromatic carbocycles. The van der Waals surface area contributed by atoms with Gasteiger partial charge in [0, 0.05) is 31.2 Å². The van der Waals surface area contributed by atoms with Crippen molar-refractivity contribution in [2.75, 3.05) is 0 Å². The van der Waals surface area contributed by atoms with E-state index in [4.69, 9.17) is 5.73 Å². The van der Waals surface area contributed by atoms with Gasteiger partial charge in [-0.2, -0.15) is 5.10 Å². The fourth-order valence-corrected chi connectivity index (χ4v) is 2.66. The topological polar surface area (TPSA) is 48.8 Å². The summed E-state index contributed by atoms with van der Waals surface area (Å²) in [5.41, 5.74) is 9.95. The molecule has 4 nitrogen and oxygen atoms in total. The molecule has 0 saturated carbocycles. The number of rotatable bonds is 2. The Bertz CT molecular complexity index is 523.